The number of aliphatic hydroxyl groups excluding tert-OH is 6. The highest BCUT2D eigenvalue weighted by Crippen LogP contribution is 2.39. The molecule has 7 aliphatic carbocycles. The number of hydrogen-bond donors (Lipinski definition) is 6. The van der Waals surface area contributed by atoms with Gasteiger partial charge in [0.25, 0.3) is 0 Å². The summed E-state index contributed by atoms with van der Waals surface area (Å²) in [6.07, 6.45) is 25.9. The molecule has 0 aromatic rings. The fourth-order valence-electron chi connectivity index (χ4n) is 11.7. The summed E-state index contributed by atoms with van der Waals surface area (Å²) in [7, 11) is 0. The molecule has 7 aliphatic rings. The summed E-state index contributed by atoms with van der Waals surface area (Å²) in [6.45, 7) is 33.8. The van der Waals surface area contributed by atoms with Gasteiger partial charge in [0.15, 0.2) is 0 Å². The van der Waals surface area contributed by atoms with Crippen LogP contribution in [0.3, 0.4) is 0 Å². The lowest BCUT2D eigenvalue weighted by Gasteiger charge is -2.36. The van der Waals surface area contributed by atoms with Gasteiger partial charge in [-0.2, -0.15) is 0 Å². The van der Waals surface area contributed by atoms with Crippen molar-refractivity contribution in [2.45, 2.75) is 282 Å². The van der Waals surface area contributed by atoms with Gasteiger partial charge in [0.05, 0.1) is 36.6 Å². The van der Waals surface area contributed by atoms with Gasteiger partial charge in [0.2, 0.25) is 0 Å². The second-order valence-electron chi connectivity index (χ2n) is 24.9. The van der Waals surface area contributed by atoms with Gasteiger partial charge in [-0.15, -0.1) is 0 Å². The normalized spacial score (nSPS) is 35.8. The summed E-state index contributed by atoms with van der Waals surface area (Å²) in [5, 5.41) is 55.5. The Morgan fingerprint density at radius 1 is 0.266 bits per heavy atom. The largest absolute Gasteiger partial charge is 0.393 e. The van der Waals surface area contributed by atoms with Crippen molar-refractivity contribution < 1.29 is 30.6 Å². The van der Waals surface area contributed by atoms with Crippen molar-refractivity contribution in [1.82, 2.24) is 0 Å². The van der Waals surface area contributed by atoms with Crippen LogP contribution in [0, 0.1) is 88.8 Å². The van der Waals surface area contributed by atoms with Crippen molar-refractivity contribution in [1.29, 1.82) is 0 Å². The van der Waals surface area contributed by atoms with Gasteiger partial charge in [-0.1, -0.05) is 142 Å². The highest BCUT2D eigenvalue weighted by atomic mass is 16.3. The summed E-state index contributed by atoms with van der Waals surface area (Å²) in [6, 6.07) is 0. The first-order valence-electron chi connectivity index (χ1n) is 28.0. The summed E-state index contributed by atoms with van der Waals surface area (Å²) in [5.74, 6) is 11.9. The SMILES string of the molecule is CC(C)C1CC(O)C1.CC(C)C1CCC(O)C1.CC(C)C1CCC(O)CC1.CC(C)C1CCC1C.CC(C)C1CCCC(O)C1.CC(C)C1CCCC1O.CC(C)C1CCCCC1O. The van der Waals surface area contributed by atoms with Crippen LogP contribution >= 0.6 is 0 Å². The average molecular weight is 910 g/mol. The highest BCUT2D eigenvalue weighted by molar-refractivity contribution is 4.82. The second-order valence-corrected chi connectivity index (χ2v) is 24.9. The molecule has 7 saturated carbocycles. The Labute approximate surface area is 399 Å². The van der Waals surface area contributed by atoms with E-state index in [1.54, 1.807) is 0 Å². The van der Waals surface area contributed by atoms with E-state index in [2.05, 4.69) is 104 Å². The maximum atomic E-state index is 9.54. The van der Waals surface area contributed by atoms with Gasteiger partial charge in [0, 0.05) is 0 Å². The molecule has 384 valence electrons. The maximum Gasteiger partial charge on any atom is 0.0570 e. The van der Waals surface area contributed by atoms with Crippen molar-refractivity contribution in [3.8, 4) is 0 Å². The molecule has 6 nitrogen and oxygen atoms in total. The van der Waals surface area contributed by atoms with Crippen molar-refractivity contribution in [2.75, 3.05) is 0 Å². The minimum absolute atomic E-state index is 0.00106. The molecule has 0 spiro atoms. The zero-order chi connectivity index (χ0) is 48.7. The smallest absolute Gasteiger partial charge is 0.0570 e. The lowest BCUT2D eigenvalue weighted by Crippen LogP contribution is -2.31. The van der Waals surface area contributed by atoms with Crippen LogP contribution in [-0.2, 0) is 0 Å². The van der Waals surface area contributed by atoms with E-state index < -0.39 is 0 Å². The molecule has 0 aromatic carbocycles. The molecule has 64 heavy (non-hydrogen) atoms. The fourth-order valence-corrected chi connectivity index (χ4v) is 11.7. The third kappa shape index (κ3) is 25.4. The van der Waals surface area contributed by atoms with E-state index in [-0.39, 0.29) is 36.6 Å². The molecule has 0 saturated heterocycles. The standard InChI is InChI=1S/3C9H18O.2C8H16O.C8H16.C7H14O/c1-7(2)8-3-5-9(10)6-4-8;1-7(2)8-4-3-5-9(10)6-8;1-7(2)8-5-3-4-6-9(8)10;1-6(2)7-3-4-8(9)5-7;1-6(2)7-4-3-5-8(7)9;1-6(2)8-5-4-7(8)3;1-5(2)6-3-7(8)4-6/h3*7-10H,3-6H2,1-2H3;2*6-9H,3-5H2,1-2H3;6-8H,4-5H2,1-3H3;5-8H,3-4H2,1-2H3. The van der Waals surface area contributed by atoms with Crippen LogP contribution in [0.1, 0.15) is 245 Å². The fraction of sp³-hybridized carbons (Fsp3) is 1.00. The summed E-state index contributed by atoms with van der Waals surface area (Å²) in [5.41, 5.74) is 0. The Hall–Kier alpha value is -0.240. The molecular weight excluding hydrogens is 793 g/mol. The van der Waals surface area contributed by atoms with Gasteiger partial charge < -0.3 is 30.6 Å². The first-order valence-corrected chi connectivity index (χ1v) is 28.0. The molecule has 0 bridgehead atoms. The van der Waals surface area contributed by atoms with E-state index in [0.29, 0.717) is 23.7 Å². The van der Waals surface area contributed by atoms with E-state index in [0.717, 1.165) is 129 Å². The van der Waals surface area contributed by atoms with Crippen molar-refractivity contribution in [3.63, 3.8) is 0 Å². The minimum Gasteiger partial charge on any atom is -0.393 e. The van der Waals surface area contributed by atoms with Crippen LogP contribution < -0.4 is 0 Å². The predicted octanol–water partition coefficient (Wildman–Crippen LogP) is 14.3. The molecular formula is C58H116O6. The van der Waals surface area contributed by atoms with Gasteiger partial charge in [-0.3, -0.25) is 0 Å². The molecule has 10 atom stereocenters. The van der Waals surface area contributed by atoms with Gasteiger partial charge >= 0.3 is 0 Å². The second kappa shape index (κ2) is 33.3. The quantitative estimate of drug-likeness (QED) is 0.151. The molecule has 0 amide bonds. The lowest BCUT2D eigenvalue weighted by atomic mass is 9.69. The molecule has 6 N–H and O–H groups in total. The average Bonchev–Trinajstić information content (AvgIpc) is 3.85. The number of aliphatic hydroxyl groups is 6. The third-order valence-corrected chi connectivity index (χ3v) is 17.4. The van der Waals surface area contributed by atoms with Crippen LogP contribution in [-0.4, -0.2) is 67.3 Å². The molecule has 7 rings (SSSR count). The first kappa shape index (κ1) is 61.8. The molecule has 7 fully saturated rings. The van der Waals surface area contributed by atoms with E-state index in [9.17, 15) is 20.4 Å². The Morgan fingerprint density at radius 2 is 0.625 bits per heavy atom. The van der Waals surface area contributed by atoms with Gasteiger partial charge in [-0.05, 0) is 192 Å². The minimum atomic E-state index is -0.00579. The lowest BCUT2D eigenvalue weighted by molar-refractivity contribution is 0.0218. The van der Waals surface area contributed by atoms with Gasteiger partial charge in [-0.25, -0.2) is 0 Å². The van der Waals surface area contributed by atoms with Crippen LogP contribution in [0.15, 0.2) is 0 Å². The van der Waals surface area contributed by atoms with E-state index >= 15 is 0 Å². The Kier molecular flexibility index (Phi) is 32.2. The summed E-state index contributed by atoms with van der Waals surface area (Å²) >= 11 is 0. The van der Waals surface area contributed by atoms with Crippen LogP contribution in [0.2, 0.25) is 0 Å². The van der Waals surface area contributed by atoms with E-state index in [1.165, 1.54) is 77.0 Å². The van der Waals surface area contributed by atoms with Crippen molar-refractivity contribution in [3.05, 3.63) is 0 Å². The van der Waals surface area contributed by atoms with E-state index in [4.69, 9.17) is 10.2 Å². The van der Waals surface area contributed by atoms with Crippen LogP contribution in [0.4, 0.5) is 0 Å². The van der Waals surface area contributed by atoms with E-state index in [1.807, 2.05) is 0 Å². The van der Waals surface area contributed by atoms with Gasteiger partial charge in [0.1, 0.15) is 0 Å². The van der Waals surface area contributed by atoms with Crippen molar-refractivity contribution >= 4 is 0 Å². The molecule has 0 radical (unpaired) electrons. The van der Waals surface area contributed by atoms with Crippen LogP contribution in [0.25, 0.3) is 0 Å². The van der Waals surface area contributed by atoms with Crippen LogP contribution in [0.5, 0.6) is 0 Å². The summed E-state index contributed by atoms with van der Waals surface area (Å²) in [4.78, 5) is 0. The Morgan fingerprint density at radius 3 is 0.891 bits per heavy atom. The zero-order valence-corrected chi connectivity index (χ0v) is 45.4. The number of hydrogen-bond acceptors (Lipinski definition) is 6. The monoisotopic (exact) mass is 909 g/mol. The molecule has 0 aromatic heterocycles. The zero-order valence-electron chi connectivity index (χ0n) is 45.4. The highest BCUT2D eigenvalue weighted by Gasteiger charge is 2.31. The maximum absolute atomic E-state index is 9.54. The molecule has 0 aliphatic heterocycles. The Bertz CT molecular complexity index is 1090. The molecule has 6 heteroatoms. The molecule has 10 unspecified atom stereocenters. The number of rotatable bonds is 7. The van der Waals surface area contributed by atoms with Crippen molar-refractivity contribution in [2.24, 2.45) is 88.8 Å². The molecule has 0 heterocycles. The summed E-state index contributed by atoms with van der Waals surface area (Å²) < 4.78 is 0. The first-order chi connectivity index (χ1) is 29.9. The third-order valence-electron chi connectivity index (χ3n) is 17.4. The predicted molar refractivity (Wildman–Crippen MR) is 275 cm³/mol. The topological polar surface area (TPSA) is 121 Å². The Balaban J connectivity index is 0.000000374.